The van der Waals surface area contributed by atoms with E-state index < -0.39 is 0 Å². The van der Waals surface area contributed by atoms with Gasteiger partial charge in [0, 0.05) is 12.2 Å². The summed E-state index contributed by atoms with van der Waals surface area (Å²) < 4.78 is 11.6. The summed E-state index contributed by atoms with van der Waals surface area (Å²) in [5, 5.41) is 10.9. The van der Waals surface area contributed by atoms with Crippen molar-refractivity contribution < 1.29 is 14.5 Å². The van der Waals surface area contributed by atoms with Crippen LogP contribution in [-0.2, 0) is 22.5 Å². The molecule has 0 atom stereocenters. The lowest BCUT2D eigenvalue weighted by atomic mass is 9.89. The highest BCUT2D eigenvalue weighted by atomic mass is 32.2. The molecule has 1 aromatic heterocycles. The van der Waals surface area contributed by atoms with Crippen LogP contribution in [0.3, 0.4) is 0 Å². The van der Waals surface area contributed by atoms with Gasteiger partial charge in [0.15, 0.2) is 5.03 Å². The smallest absolute Gasteiger partial charge is 0.281 e. The number of aromatic nitrogens is 1. The van der Waals surface area contributed by atoms with Gasteiger partial charge >= 0.3 is 0 Å². The number of hydrogen-bond donors (Lipinski definition) is 0. The fourth-order valence-corrected chi connectivity index (χ4v) is 4.73. The molecule has 0 aromatic carbocycles. The van der Waals surface area contributed by atoms with Gasteiger partial charge in [-0.25, -0.2) is 4.98 Å². The lowest BCUT2D eigenvalue weighted by molar-refractivity contribution is -0.415. The van der Waals surface area contributed by atoms with Crippen molar-refractivity contribution in [1.29, 1.82) is 5.26 Å². The molecule has 0 spiro atoms. The Hall–Kier alpha value is -1.29. The van der Waals surface area contributed by atoms with Gasteiger partial charge in [-0.2, -0.15) is 5.26 Å². The molecule has 2 aliphatic heterocycles. The Morgan fingerprint density at radius 3 is 2.65 bits per heavy atom. The lowest BCUT2D eigenvalue weighted by Crippen LogP contribution is -2.43. The predicted octanol–water partition coefficient (Wildman–Crippen LogP) is 3.20. The molecule has 6 heteroatoms. The number of thioether (sulfide) groups is 1. The number of H-pyrrole nitrogens is 1. The number of aromatic amines is 1. The summed E-state index contributed by atoms with van der Waals surface area (Å²) >= 11 is 1.77. The van der Waals surface area contributed by atoms with Gasteiger partial charge in [-0.15, -0.1) is 0 Å². The Labute approximate surface area is 161 Å². The summed E-state index contributed by atoms with van der Waals surface area (Å²) in [7, 11) is 0. The van der Waals surface area contributed by atoms with E-state index >= 15 is 0 Å². The normalized spacial score (nSPS) is 19.3. The number of ether oxygens (including phenoxy) is 2. The molecule has 3 heterocycles. The van der Waals surface area contributed by atoms with Crippen molar-refractivity contribution in [3.63, 3.8) is 0 Å². The first-order valence-electron chi connectivity index (χ1n) is 9.52. The second-order valence-corrected chi connectivity index (χ2v) is 9.21. The van der Waals surface area contributed by atoms with Crippen LogP contribution in [0.25, 0.3) is 0 Å². The minimum absolute atomic E-state index is 0.234. The highest BCUT2D eigenvalue weighted by molar-refractivity contribution is 7.99. The number of nitrogens with one attached hydrogen (secondary N) is 1. The van der Waals surface area contributed by atoms with Gasteiger partial charge < -0.3 is 9.47 Å². The number of rotatable bonds is 5. The van der Waals surface area contributed by atoms with Crippen LogP contribution < -0.4 is 9.88 Å². The van der Waals surface area contributed by atoms with Gasteiger partial charge in [0.2, 0.25) is 0 Å². The SMILES string of the molecule is CC(C)CCSc1[nH+]c(N2CCOCC2)c2c(c1C#N)CC(C)(C)OC2. The maximum absolute atomic E-state index is 9.90. The van der Waals surface area contributed by atoms with Crippen LogP contribution in [0, 0.1) is 17.2 Å². The van der Waals surface area contributed by atoms with Gasteiger partial charge in [-0.05, 0) is 31.7 Å². The second kappa shape index (κ2) is 8.16. The summed E-state index contributed by atoms with van der Waals surface area (Å²) in [5.41, 5.74) is 2.89. The quantitative estimate of drug-likeness (QED) is 0.739. The van der Waals surface area contributed by atoms with Crippen LogP contribution in [0.4, 0.5) is 5.82 Å². The second-order valence-electron chi connectivity index (χ2n) is 8.10. The molecule has 0 bridgehead atoms. The molecule has 5 nitrogen and oxygen atoms in total. The van der Waals surface area contributed by atoms with Crippen LogP contribution >= 0.6 is 11.8 Å². The van der Waals surface area contributed by atoms with E-state index in [0.29, 0.717) is 12.5 Å². The van der Waals surface area contributed by atoms with Crippen LogP contribution in [-0.4, -0.2) is 37.7 Å². The van der Waals surface area contributed by atoms with Gasteiger partial charge in [0.25, 0.3) is 5.82 Å². The molecule has 0 saturated carbocycles. The van der Waals surface area contributed by atoms with Crippen LogP contribution in [0.15, 0.2) is 5.03 Å². The summed E-state index contributed by atoms with van der Waals surface area (Å²) in [6.45, 7) is 12.5. The first-order chi connectivity index (χ1) is 12.4. The average molecular weight is 377 g/mol. The summed E-state index contributed by atoms with van der Waals surface area (Å²) in [5.74, 6) is 2.80. The minimum Gasteiger partial charge on any atom is -0.373 e. The topological polar surface area (TPSA) is 59.6 Å². The zero-order chi connectivity index (χ0) is 18.7. The molecule has 0 amide bonds. The largest absolute Gasteiger partial charge is 0.373 e. The number of morpholine rings is 1. The van der Waals surface area contributed by atoms with Crippen molar-refractivity contribution in [1.82, 2.24) is 0 Å². The third-order valence-electron chi connectivity index (χ3n) is 5.00. The van der Waals surface area contributed by atoms with E-state index in [2.05, 4.69) is 43.6 Å². The maximum Gasteiger partial charge on any atom is 0.281 e. The van der Waals surface area contributed by atoms with Gasteiger partial charge in [-0.3, -0.25) is 4.90 Å². The molecule has 142 valence electrons. The first-order valence-corrected chi connectivity index (χ1v) is 10.5. The van der Waals surface area contributed by atoms with Crippen LogP contribution in [0.1, 0.15) is 50.8 Å². The van der Waals surface area contributed by atoms with Crippen molar-refractivity contribution in [3.8, 4) is 6.07 Å². The third-order valence-corrected chi connectivity index (χ3v) is 6.04. The molecule has 0 aliphatic carbocycles. The number of pyridine rings is 1. The van der Waals surface area contributed by atoms with E-state index in [9.17, 15) is 5.26 Å². The van der Waals surface area contributed by atoms with Crippen LogP contribution in [0.2, 0.25) is 0 Å². The first kappa shape index (κ1) is 19.5. The maximum atomic E-state index is 9.90. The van der Waals surface area contributed by atoms with Crippen molar-refractivity contribution in [2.45, 2.75) is 57.8 Å². The predicted molar refractivity (Wildman–Crippen MR) is 103 cm³/mol. The molecule has 0 unspecified atom stereocenters. The van der Waals surface area contributed by atoms with E-state index in [-0.39, 0.29) is 5.60 Å². The molecule has 1 N–H and O–H groups in total. The van der Waals surface area contributed by atoms with Crippen LogP contribution in [0.5, 0.6) is 0 Å². The summed E-state index contributed by atoms with van der Waals surface area (Å²) in [6.07, 6.45) is 1.91. The number of hydrogen-bond acceptors (Lipinski definition) is 5. The average Bonchev–Trinajstić information content (AvgIpc) is 2.60. The molecule has 1 aromatic rings. The molecule has 0 radical (unpaired) electrons. The Morgan fingerprint density at radius 1 is 1.27 bits per heavy atom. The van der Waals surface area contributed by atoms with Crippen molar-refractivity contribution in [2.24, 2.45) is 5.92 Å². The van der Waals surface area contributed by atoms with E-state index in [1.807, 2.05) is 0 Å². The molecule has 3 rings (SSSR count). The fraction of sp³-hybridized carbons (Fsp3) is 0.700. The van der Waals surface area contributed by atoms with Gasteiger partial charge in [0.05, 0.1) is 31.0 Å². The zero-order valence-corrected chi connectivity index (χ0v) is 17.2. The molecule has 1 fully saturated rings. The van der Waals surface area contributed by atoms with E-state index in [1.165, 1.54) is 0 Å². The molecule has 2 aliphatic rings. The zero-order valence-electron chi connectivity index (χ0n) is 16.4. The summed E-state index contributed by atoms with van der Waals surface area (Å²) in [4.78, 5) is 5.94. The molecular formula is C20H30N3O2S+. The van der Waals surface area contributed by atoms with Crippen molar-refractivity contribution in [3.05, 3.63) is 16.7 Å². The highest BCUT2D eigenvalue weighted by Crippen LogP contribution is 2.37. The van der Waals surface area contributed by atoms with Gasteiger partial charge in [-0.1, -0.05) is 25.6 Å². The Balaban J connectivity index is 2.02. The minimum atomic E-state index is -0.234. The highest BCUT2D eigenvalue weighted by Gasteiger charge is 2.36. The Morgan fingerprint density at radius 2 is 2.00 bits per heavy atom. The third kappa shape index (κ3) is 4.33. The van der Waals surface area contributed by atoms with E-state index in [4.69, 9.17) is 9.47 Å². The Kier molecular flexibility index (Phi) is 6.11. The lowest BCUT2D eigenvalue weighted by Gasteiger charge is -2.34. The number of fused-ring (bicyclic) bond motifs is 1. The standard InChI is InChI=1S/C20H29N3O2S/c1-14(2)5-10-26-19-16(12-21)15-11-20(3,4)25-13-17(15)18(22-19)23-6-8-24-9-7-23/h14H,5-11,13H2,1-4H3/p+1. The number of nitriles is 1. The van der Waals surface area contributed by atoms with Gasteiger partial charge in [0.1, 0.15) is 24.7 Å². The summed E-state index contributed by atoms with van der Waals surface area (Å²) in [6, 6.07) is 2.48. The fourth-order valence-electron chi connectivity index (χ4n) is 3.45. The van der Waals surface area contributed by atoms with E-state index in [0.717, 1.165) is 72.4 Å². The van der Waals surface area contributed by atoms with Crippen molar-refractivity contribution >= 4 is 17.6 Å². The monoisotopic (exact) mass is 376 g/mol. The van der Waals surface area contributed by atoms with Crippen molar-refractivity contribution in [2.75, 3.05) is 37.0 Å². The molecule has 26 heavy (non-hydrogen) atoms. The molecule has 1 saturated heterocycles. The number of nitrogens with zero attached hydrogens (tertiary/aromatic N) is 2. The van der Waals surface area contributed by atoms with E-state index in [1.54, 1.807) is 11.8 Å². The molecular weight excluding hydrogens is 346 g/mol. The Bertz CT molecular complexity index is 691. The number of anilines is 1.